The molecule has 0 aliphatic carbocycles. The first-order chi connectivity index (χ1) is 9.35. The van der Waals surface area contributed by atoms with Gasteiger partial charge >= 0.3 is 11.9 Å². The number of carboxylic acid groups (broad SMARTS) is 1. The molecule has 0 bridgehead atoms. The maximum absolute atomic E-state index is 11.9. The van der Waals surface area contributed by atoms with Crippen LogP contribution in [0.2, 0.25) is 0 Å². The van der Waals surface area contributed by atoms with Gasteiger partial charge in [-0.05, 0) is 33.3 Å². The zero-order valence-corrected chi connectivity index (χ0v) is 12.4. The van der Waals surface area contributed by atoms with Crippen LogP contribution in [0.5, 0.6) is 0 Å². The Morgan fingerprint density at radius 3 is 2.65 bits per heavy atom. The van der Waals surface area contributed by atoms with Gasteiger partial charge in [0.15, 0.2) is 5.41 Å². The molecule has 0 saturated carbocycles. The second-order valence-corrected chi connectivity index (χ2v) is 5.08. The van der Waals surface area contributed by atoms with Gasteiger partial charge in [-0.1, -0.05) is 6.92 Å². The van der Waals surface area contributed by atoms with Crippen molar-refractivity contribution >= 4 is 11.9 Å². The Morgan fingerprint density at radius 2 is 2.15 bits per heavy atom. The number of carbonyl (C=O) groups excluding carboxylic acids is 1. The second kappa shape index (κ2) is 6.54. The van der Waals surface area contributed by atoms with Crippen LogP contribution in [0.25, 0.3) is 0 Å². The molecule has 1 aromatic rings. The molecular formula is C14H22N2O4. The molecule has 0 spiro atoms. The van der Waals surface area contributed by atoms with E-state index in [2.05, 4.69) is 5.10 Å². The van der Waals surface area contributed by atoms with Gasteiger partial charge in [-0.2, -0.15) is 5.10 Å². The molecule has 2 unspecified atom stereocenters. The number of carbonyl (C=O) groups is 2. The molecule has 0 radical (unpaired) electrons. The Bertz CT molecular complexity index is 483. The third-order valence-electron chi connectivity index (χ3n) is 3.44. The first-order valence-corrected chi connectivity index (χ1v) is 6.79. The van der Waals surface area contributed by atoms with Gasteiger partial charge in [0, 0.05) is 18.7 Å². The van der Waals surface area contributed by atoms with Gasteiger partial charge in [-0.15, -0.1) is 0 Å². The molecule has 0 aliphatic heterocycles. The lowest BCUT2D eigenvalue weighted by atomic mass is 9.85. The van der Waals surface area contributed by atoms with E-state index >= 15 is 0 Å². The van der Waals surface area contributed by atoms with Gasteiger partial charge in [0.1, 0.15) is 0 Å². The Morgan fingerprint density at radius 1 is 1.50 bits per heavy atom. The highest BCUT2D eigenvalue weighted by Gasteiger charge is 2.43. The van der Waals surface area contributed by atoms with Crippen molar-refractivity contribution in [2.45, 2.75) is 46.6 Å². The lowest BCUT2D eigenvalue weighted by Gasteiger charge is -2.21. The third kappa shape index (κ3) is 3.37. The minimum atomic E-state index is -1.61. The fourth-order valence-corrected chi connectivity index (χ4v) is 1.79. The molecule has 0 aromatic carbocycles. The Kier molecular flexibility index (Phi) is 5.30. The molecule has 1 rings (SSSR count). The highest BCUT2D eigenvalue weighted by Crippen LogP contribution is 2.25. The minimum Gasteiger partial charge on any atom is -0.480 e. The summed E-state index contributed by atoms with van der Waals surface area (Å²) in [6, 6.07) is 1.98. The topological polar surface area (TPSA) is 81.4 Å². The monoisotopic (exact) mass is 282 g/mol. The highest BCUT2D eigenvalue weighted by atomic mass is 16.5. The highest BCUT2D eigenvalue weighted by molar-refractivity contribution is 5.98. The summed E-state index contributed by atoms with van der Waals surface area (Å²) >= 11 is 0. The van der Waals surface area contributed by atoms with Crippen LogP contribution in [0.1, 0.15) is 45.9 Å². The van der Waals surface area contributed by atoms with Crippen LogP contribution in [0.15, 0.2) is 12.3 Å². The smallest absolute Gasteiger partial charge is 0.323 e. The number of rotatable bonds is 7. The van der Waals surface area contributed by atoms with Crippen molar-refractivity contribution in [1.82, 2.24) is 9.78 Å². The molecule has 6 nitrogen and oxygen atoms in total. The summed E-state index contributed by atoms with van der Waals surface area (Å²) in [5.74, 6) is -1.93. The van der Waals surface area contributed by atoms with Crippen LogP contribution >= 0.6 is 0 Å². The van der Waals surface area contributed by atoms with Crippen molar-refractivity contribution in [3.63, 3.8) is 0 Å². The molecular weight excluding hydrogens is 260 g/mol. The van der Waals surface area contributed by atoms with Crippen LogP contribution in [-0.4, -0.2) is 33.4 Å². The fourth-order valence-electron chi connectivity index (χ4n) is 1.79. The van der Waals surface area contributed by atoms with Crippen LogP contribution in [0.3, 0.4) is 0 Å². The average molecular weight is 282 g/mol. The predicted molar refractivity (Wildman–Crippen MR) is 73.3 cm³/mol. The van der Waals surface area contributed by atoms with Crippen LogP contribution in [0, 0.1) is 5.41 Å². The lowest BCUT2D eigenvalue weighted by Crippen LogP contribution is -2.40. The summed E-state index contributed by atoms with van der Waals surface area (Å²) in [7, 11) is 0. The standard InChI is InChI=1S/C14H22N2O4/c1-5-10(3)16-8-7-11(15-16)9-14(4,12(17)18)13(19)20-6-2/h7-8,10H,5-6,9H2,1-4H3,(H,17,18). The minimum absolute atomic E-state index is 0.0185. The quantitative estimate of drug-likeness (QED) is 0.611. The summed E-state index contributed by atoms with van der Waals surface area (Å²) in [5, 5.41) is 13.7. The van der Waals surface area contributed by atoms with Crippen molar-refractivity contribution in [2.75, 3.05) is 6.61 Å². The van der Waals surface area contributed by atoms with E-state index in [1.165, 1.54) is 6.92 Å². The SMILES string of the molecule is CCOC(=O)C(C)(Cc1ccn(C(C)CC)n1)C(=O)O. The van der Waals surface area contributed by atoms with E-state index < -0.39 is 17.4 Å². The van der Waals surface area contributed by atoms with E-state index in [1.54, 1.807) is 23.9 Å². The number of hydrogen-bond acceptors (Lipinski definition) is 4. The molecule has 0 aliphatic rings. The molecule has 1 N–H and O–H groups in total. The number of aromatic nitrogens is 2. The van der Waals surface area contributed by atoms with Crippen LogP contribution in [0.4, 0.5) is 0 Å². The second-order valence-electron chi connectivity index (χ2n) is 5.08. The molecule has 112 valence electrons. The summed E-state index contributed by atoms with van der Waals surface area (Å²) in [4.78, 5) is 23.3. The van der Waals surface area contributed by atoms with Gasteiger partial charge in [0.2, 0.25) is 0 Å². The molecule has 20 heavy (non-hydrogen) atoms. The zero-order chi connectivity index (χ0) is 15.3. The Hall–Kier alpha value is -1.85. The molecule has 0 amide bonds. The van der Waals surface area contributed by atoms with Gasteiger partial charge < -0.3 is 9.84 Å². The summed E-state index contributed by atoms with van der Waals surface area (Å²) in [5.41, 5.74) is -1.03. The van der Waals surface area contributed by atoms with E-state index in [0.717, 1.165) is 6.42 Å². The first kappa shape index (κ1) is 16.2. The molecule has 2 atom stereocenters. The molecule has 6 heteroatoms. The van der Waals surface area contributed by atoms with Crippen molar-refractivity contribution in [1.29, 1.82) is 0 Å². The van der Waals surface area contributed by atoms with E-state index in [0.29, 0.717) is 5.69 Å². The Balaban J connectivity index is 2.94. The fraction of sp³-hybridized carbons (Fsp3) is 0.643. The number of hydrogen-bond donors (Lipinski definition) is 1. The van der Waals surface area contributed by atoms with Crippen molar-refractivity contribution < 1.29 is 19.4 Å². The Labute approximate surface area is 118 Å². The predicted octanol–water partition coefficient (Wildman–Crippen LogP) is 2.05. The first-order valence-electron chi connectivity index (χ1n) is 6.79. The summed E-state index contributed by atoms with van der Waals surface area (Å²) in [6.45, 7) is 7.25. The summed E-state index contributed by atoms with van der Waals surface area (Å²) < 4.78 is 6.64. The van der Waals surface area contributed by atoms with Gasteiger partial charge in [0.25, 0.3) is 0 Å². The maximum Gasteiger partial charge on any atom is 0.323 e. The zero-order valence-electron chi connectivity index (χ0n) is 12.4. The number of aliphatic carboxylic acids is 1. The van der Waals surface area contributed by atoms with E-state index in [-0.39, 0.29) is 19.1 Å². The number of carboxylic acids is 1. The summed E-state index contributed by atoms with van der Waals surface area (Å²) in [6.07, 6.45) is 2.75. The van der Waals surface area contributed by atoms with Crippen molar-refractivity contribution in [3.8, 4) is 0 Å². The lowest BCUT2D eigenvalue weighted by molar-refractivity contribution is -0.167. The number of esters is 1. The van der Waals surface area contributed by atoms with Gasteiger partial charge in [-0.3, -0.25) is 14.3 Å². The van der Waals surface area contributed by atoms with Crippen molar-refractivity contribution in [2.24, 2.45) is 5.41 Å². The van der Waals surface area contributed by atoms with Gasteiger partial charge in [-0.25, -0.2) is 0 Å². The van der Waals surface area contributed by atoms with Gasteiger partial charge in [0.05, 0.1) is 12.3 Å². The van der Waals surface area contributed by atoms with E-state index in [1.807, 2.05) is 13.8 Å². The van der Waals surface area contributed by atoms with E-state index in [9.17, 15) is 14.7 Å². The van der Waals surface area contributed by atoms with Crippen LogP contribution < -0.4 is 0 Å². The normalized spacial score (nSPS) is 15.4. The molecule has 1 aromatic heterocycles. The third-order valence-corrected chi connectivity index (χ3v) is 3.44. The largest absolute Gasteiger partial charge is 0.480 e. The number of nitrogens with zero attached hydrogens (tertiary/aromatic N) is 2. The van der Waals surface area contributed by atoms with E-state index in [4.69, 9.17) is 4.74 Å². The van der Waals surface area contributed by atoms with Crippen molar-refractivity contribution in [3.05, 3.63) is 18.0 Å². The average Bonchev–Trinajstić information content (AvgIpc) is 2.86. The maximum atomic E-state index is 11.9. The molecule has 0 saturated heterocycles. The molecule has 0 fully saturated rings. The molecule has 1 heterocycles. The van der Waals surface area contributed by atoms with Crippen LogP contribution in [-0.2, 0) is 20.7 Å². The number of ether oxygens (including phenoxy) is 1.